The largest absolute Gasteiger partial charge is 0.456 e. The summed E-state index contributed by atoms with van der Waals surface area (Å²) in [5.74, 6) is 0. The highest BCUT2D eigenvalue weighted by molar-refractivity contribution is 6.24. The van der Waals surface area contributed by atoms with Crippen LogP contribution in [-0.4, -0.2) is 0 Å². The summed E-state index contributed by atoms with van der Waals surface area (Å²) in [6.45, 7) is 4.77. The van der Waals surface area contributed by atoms with Gasteiger partial charge < -0.3 is 8.83 Å². The van der Waals surface area contributed by atoms with Gasteiger partial charge in [0.05, 0.1) is 0 Å². The molecule has 9 aromatic carbocycles. The number of rotatable bonds is 2. The maximum atomic E-state index is 6.29. The summed E-state index contributed by atoms with van der Waals surface area (Å²) in [5.41, 5.74) is 13.9. The summed E-state index contributed by atoms with van der Waals surface area (Å²) in [4.78, 5) is 0. The Hall–Kier alpha value is -6.64. The molecule has 2 heterocycles. The topological polar surface area (TPSA) is 26.3 Å². The predicted octanol–water partition coefficient (Wildman–Crippen LogP) is 14.6. The van der Waals surface area contributed by atoms with E-state index in [4.69, 9.17) is 8.83 Å². The molecule has 0 spiro atoms. The van der Waals surface area contributed by atoms with Crippen LogP contribution in [0.2, 0.25) is 0 Å². The van der Waals surface area contributed by atoms with Crippen LogP contribution < -0.4 is 0 Å². The highest BCUT2D eigenvalue weighted by atomic mass is 16.3. The molecule has 0 fully saturated rings. The molecule has 0 atom stereocenters. The fourth-order valence-corrected chi connectivity index (χ4v) is 9.65. The molecule has 0 aliphatic heterocycles. The number of hydrogen-bond donors (Lipinski definition) is 0. The van der Waals surface area contributed by atoms with Crippen LogP contribution in [0.3, 0.4) is 0 Å². The molecule has 0 unspecified atom stereocenters. The lowest BCUT2D eigenvalue weighted by atomic mass is 9.80. The van der Waals surface area contributed by atoms with E-state index in [-0.39, 0.29) is 5.41 Å². The van der Waals surface area contributed by atoms with Crippen LogP contribution in [0, 0.1) is 0 Å². The van der Waals surface area contributed by atoms with Crippen molar-refractivity contribution < 1.29 is 8.83 Å². The molecule has 0 N–H and O–H groups in total. The zero-order valence-corrected chi connectivity index (χ0v) is 29.3. The van der Waals surface area contributed by atoms with Crippen LogP contribution in [0.15, 0.2) is 167 Å². The Morgan fingerprint density at radius 2 is 0.830 bits per heavy atom. The van der Waals surface area contributed by atoms with Gasteiger partial charge in [0.1, 0.15) is 22.3 Å². The van der Waals surface area contributed by atoms with E-state index < -0.39 is 0 Å². The van der Waals surface area contributed by atoms with Gasteiger partial charge in [-0.1, -0.05) is 129 Å². The molecule has 1 aliphatic rings. The molecule has 2 aromatic heterocycles. The summed E-state index contributed by atoms with van der Waals surface area (Å²) < 4.78 is 12.5. The third-order valence-electron chi connectivity index (χ3n) is 12.1. The van der Waals surface area contributed by atoms with E-state index in [2.05, 4.69) is 153 Å². The second-order valence-corrected chi connectivity index (χ2v) is 15.2. The summed E-state index contributed by atoms with van der Waals surface area (Å²) >= 11 is 0. The van der Waals surface area contributed by atoms with Crippen LogP contribution in [-0.2, 0) is 5.41 Å². The van der Waals surface area contributed by atoms with Gasteiger partial charge in [-0.2, -0.15) is 0 Å². The van der Waals surface area contributed by atoms with Crippen molar-refractivity contribution in [3.63, 3.8) is 0 Å². The fourth-order valence-electron chi connectivity index (χ4n) is 9.65. The Morgan fingerprint density at radius 3 is 1.53 bits per heavy atom. The molecule has 248 valence electrons. The molecule has 12 rings (SSSR count). The van der Waals surface area contributed by atoms with Crippen molar-refractivity contribution in [2.45, 2.75) is 19.3 Å². The van der Waals surface area contributed by atoms with E-state index in [9.17, 15) is 0 Å². The van der Waals surface area contributed by atoms with Gasteiger partial charge in [-0.15, -0.1) is 0 Å². The molecule has 1 aliphatic carbocycles. The summed E-state index contributed by atoms with van der Waals surface area (Å²) in [6.07, 6.45) is 0. The van der Waals surface area contributed by atoms with E-state index in [0.717, 1.165) is 33.1 Å². The molecule has 2 nitrogen and oxygen atoms in total. The van der Waals surface area contributed by atoms with Gasteiger partial charge >= 0.3 is 0 Å². The minimum atomic E-state index is -0.170. The highest BCUT2D eigenvalue weighted by Gasteiger charge is 2.37. The minimum absolute atomic E-state index is 0.170. The number of hydrogen-bond acceptors (Lipinski definition) is 2. The Balaban J connectivity index is 1.10. The van der Waals surface area contributed by atoms with Crippen molar-refractivity contribution in [1.29, 1.82) is 0 Å². The molecule has 0 radical (unpaired) electrons. The van der Waals surface area contributed by atoms with Crippen molar-refractivity contribution in [2.24, 2.45) is 0 Å². The molecule has 2 heteroatoms. The molecular weight excluding hydrogens is 645 g/mol. The molecule has 0 amide bonds. The third kappa shape index (κ3) is 3.82. The number of para-hydroxylation sites is 2. The monoisotopic (exact) mass is 676 g/mol. The normalized spacial score (nSPS) is 13.6. The molecular formula is C51H32O2. The van der Waals surface area contributed by atoms with Crippen molar-refractivity contribution in [1.82, 2.24) is 0 Å². The number of fused-ring (bicyclic) bond motifs is 14. The van der Waals surface area contributed by atoms with Gasteiger partial charge in [0, 0.05) is 27.0 Å². The third-order valence-corrected chi connectivity index (χ3v) is 12.1. The molecule has 11 aromatic rings. The Kier molecular flexibility index (Phi) is 5.60. The van der Waals surface area contributed by atoms with Gasteiger partial charge in [-0.25, -0.2) is 0 Å². The Labute approximate surface area is 305 Å². The zero-order chi connectivity index (χ0) is 35.0. The van der Waals surface area contributed by atoms with Gasteiger partial charge in [-0.05, 0) is 119 Å². The lowest BCUT2D eigenvalue weighted by Crippen LogP contribution is -2.15. The van der Waals surface area contributed by atoms with E-state index >= 15 is 0 Å². The fraction of sp³-hybridized carbons (Fsp3) is 0.0588. The first kappa shape index (κ1) is 29.0. The van der Waals surface area contributed by atoms with Gasteiger partial charge in [0.2, 0.25) is 0 Å². The van der Waals surface area contributed by atoms with Gasteiger partial charge in [-0.3, -0.25) is 0 Å². The van der Waals surface area contributed by atoms with E-state index in [1.165, 1.54) is 87.6 Å². The highest BCUT2D eigenvalue weighted by Crippen LogP contribution is 2.54. The molecule has 0 bridgehead atoms. The molecule has 0 saturated heterocycles. The SMILES string of the molecule is CC1(C)c2cc(-c3c4ccccc4c(-c4ccc5oc6ccccc6c5c4)c4ccccc34)ccc2-c2c1ccc1c2ccc2oc3ccccc3c21. The van der Waals surface area contributed by atoms with Crippen LogP contribution in [0.4, 0.5) is 0 Å². The first-order valence-electron chi connectivity index (χ1n) is 18.4. The molecule has 53 heavy (non-hydrogen) atoms. The van der Waals surface area contributed by atoms with Crippen LogP contribution >= 0.6 is 0 Å². The lowest BCUT2D eigenvalue weighted by molar-refractivity contribution is 0.661. The molecule has 0 saturated carbocycles. The lowest BCUT2D eigenvalue weighted by Gasteiger charge is -2.23. The van der Waals surface area contributed by atoms with Crippen LogP contribution in [0.5, 0.6) is 0 Å². The number of benzene rings is 9. The minimum Gasteiger partial charge on any atom is -0.456 e. The average Bonchev–Trinajstić information content (AvgIpc) is 3.84. The summed E-state index contributed by atoms with van der Waals surface area (Å²) in [7, 11) is 0. The first-order chi connectivity index (χ1) is 26.0. The van der Waals surface area contributed by atoms with Gasteiger partial charge in [0.15, 0.2) is 0 Å². The van der Waals surface area contributed by atoms with E-state index in [0.29, 0.717) is 0 Å². The predicted molar refractivity (Wildman–Crippen MR) is 222 cm³/mol. The Bertz CT molecular complexity index is 3310. The Morgan fingerprint density at radius 1 is 0.340 bits per heavy atom. The number of furan rings is 2. The van der Waals surface area contributed by atoms with Crippen molar-refractivity contribution in [3.05, 3.63) is 169 Å². The van der Waals surface area contributed by atoms with E-state index in [1.54, 1.807) is 0 Å². The first-order valence-corrected chi connectivity index (χ1v) is 18.4. The maximum absolute atomic E-state index is 6.29. The van der Waals surface area contributed by atoms with Crippen molar-refractivity contribution >= 4 is 76.2 Å². The van der Waals surface area contributed by atoms with Gasteiger partial charge in [0.25, 0.3) is 0 Å². The zero-order valence-electron chi connectivity index (χ0n) is 29.3. The summed E-state index contributed by atoms with van der Waals surface area (Å²) in [5, 5.41) is 12.2. The van der Waals surface area contributed by atoms with Crippen LogP contribution in [0.25, 0.3) is 110 Å². The van der Waals surface area contributed by atoms with Crippen molar-refractivity contribution in [2.75, 3.05) is 0 Å². The maximum Gasteiger partial charge on any atom is 0.136 e. The smallest absolute Gasteiger partial charge is 0.136 e. The van der Waals surface area contributed by atoms with Crippen LogP contribution in [0.1, 0.15) is 25.0 Å². The van der Waals surface area contributed by atoms with Crippen molar-refractivity contribution in [3.8, 4) is 33.4 Å². The standard InChI is InChI=1S/C51H32O2/c1-51(2)41-24-22-37-36(23-26-46-50(37)39-16-8-10-18-44(39)53-46)49(41)38-21-19-30(28-42(38)51)48-34-14-5-3-12-32(34)47(33-13-4-6-15-35(33)48)29-20-25-45-40(27-29)31-11-7-9-17-43(31)52-45/h3-28H,1-2H3. The second-order valence-electron chi connectivity index (χ2n) is 15.2. The second kappa shape index (κ2) is 10.2. The quantitative estimate of drug-likeness (QED) is 0.170. The average molecular weight is 677 g/mol. The summed E-state index contributed by atoms with van der Waals surface area (Å²) in [6, 6.07) is 57.6. The van der Waals surface area contributed by atoms with E-state index in [1.807, 2.05) is 18.2 Å².